The summed E-state index contributed by atoms with van der Waals surface area (Å²) in [7, 11) is 0. The van der Waals surface area contributed by atoms with Crippen molar-refractivity contribution in [1.29, 1.82) is 0 Å². The normalized spacial score (nSPS) is 25.3. The average molecular weight is 281 g/mol. The molecule has 1 fully saturated rings. The molecule has 1 amide bonds. The van der Waals surface area contributed by atoms with Crippen LogP contribution in [-0.4, -0.2) is 19.0 Å². The molecular formula is C15H21ClN2O. The van der Waals surface area contributed by atoms with Gasteiger partial charge >= 0.3 is 0 Å². The largest absolute Gasteiger partial charge is 0.349 e. The number of rotatable bonds is 2. The van der Waals surface area contributed by atoms with Crippen molar-refractivity contribution in [1.82, 2.24) is 10.6 Å². The average Bonchev–Trinajstić information content (AvgIpc) is 2.83. The predicted octanol–water partition coefficient (Wildman–Crippen LogP) is 2.21. The molecule has 2 atom stereocenters. The first kappa shape index (κ1) is 14.4. The lowest BCUT2D eigenvalue weighted by Crippen LogP contribution is -2.41. The molecule has 2 aliphatic rings. The molecule has 104 valence electrons. The number of hydrogen-bond acceptors (Lipinski definition) is 2. The summed E-state index contributed by atoms with van der Waals surface area (Å²) in [6.45, 7) is 1.89. The molecule has 4 heteroatoms. The monoisotopic (exact) mass is 280 g/mol. The summed E-state index contributed by atoms with van der Waals surface area (Å²) in [4.78, 5) is 12.2. The van der Waals surface area contributed by atoms with E-state index in [0.29, 0.717) is 0 Å². The lowest BCUT2D eigenvalue weighted by Gasteiger charge is -2.24. The molecule has 19 heavy (non-hydrogen) atoms. The predicted molar refractivity (Wildman–Crippen MR) is 78.5 cm³/mol. The van der Waals surface area contributed by atoms with Crippen molar-refractivity contribution < 1.29 is 4.79 Å². The number of piperidine rings is 1. The van der Waals surface area contributed by atoms with Crippen molar-refractivity contribution in [3.8, 4) is 0 Å². The molecule has 1 aromatic rings. The molecule has 1 saturated heterocycles. The fourth-order valence-corrected chi connectivity index (χ4v) is 3.07. The van der Waals surface area contributed by atoms with Gasteiger partial charge in [0, 0.05) is 6.54 Å². The van der Waals surface area contributed by atoms with Gasteiger partial charge in [-0.15, -0.1) is 12.4 Å². The second kappa shape index (κ2) is 6.40. The zero-order valence-corrected chi connectivity index (χ0v) is 11.8. The van der Waals surface area contributed by atoms with Crippen LogP contribution in [0.1, 0.15) is 36.4 Å². The van der Waals surface area contributed by atoms with Gasteiger partial charge in [-0.3, -0.25) is 4.79 Å². The molecule has 2 N–H and O–H groups in total. The molecule has 3 rings (SSSR count). The molecule has 0 aromatic heterocycles. The summed E-state index contributed by atoms with van der Waals surface area (Å²) < 4.78 is 0. The van der Waals surface area contributed by atoms with Crippen molar-refractivity contribution in [2.24, 2.45) is 5.92 Å². The molecule has 0 spiro atoms. The van der Waals surface area contributed by atoms with E-state index >= 15 is 0 Å². The summed E-state index contributed by atoms with van der Waals surface area (Å²) in [5.74, 6) is 0.385. The Morgan fingerprint density at radius 3 is 2.89 bits per heavy atom. The van der Waals surface area contributed by atoms with Crippen LogP contribution < -0.4 is 10.6 Å². The lowest BCUT2D eigenvalue weighted by atomic mass is 9.98. The molecule has 0 saturated carbocycles. The van der Waals surface area contributed by atoms with E-state index in [4.69, 9.17) is 0 Å². The van der Waals surface area contributed by atoms with E-state index in [1.54, 1.807) is 0 Å². The zero-order valence-electron chi connectivity index (χ0n) is 11.0. The van der Waals surface area contributed by atoms with Gasteiger partial charge in [0.05, 0.1) is 12.0 Å². The van der Waals surface area contributed by atoms with E-state index in [1.165, 1.54) is 11.1 Å². The minimum atomic E-state index is 0. The third-order valence-corrected chi connectivity index (χ3v) is 4.12. The number of carbonyl (C=O) groups is 1. The number of hydrogen-bond donors (Lipinski definition) is 2. The van der Waals surface area contributed by atoms with Crippen molar-refractivity contribution >= 4 is 18.3 Å². The fraction of sp³-hybridized carbons (Fsp3) is 0.533. The number of fused-ring (bicyclic) bond motifs is 1. The van der Waals surface area contributed by atoms with Gasteiger partial charge in [0.25, 0.3) is 0 Å². The molecule has 1 unspecified atom stereocenters. The first-order valence-electron chi connectivity index (χ1n) is 6.93. The molecule has 1 aliphatic heterocycles. The lowest BCUT2D eigenvalue weighted by molar-refractivity contribution is -0.126. The smallest absolute Gasteiger partial charge is 0.224 e. The number of amides is 1. The van der Waals surface area contributed by atoms with Crippen LogP contribution in [0.5, 0.6) is 0 Å². The highest BCUT2D eigenvalue weighted by molar-refractivity contribution is 5.85. The molecule has 0 bridgehead atoms. The molecule has 1 heterocycles. The van der Waals surface area contributed by atoms with Crippen molar-refractivity contribution in [2.45, 2.75) is 31.7 Å². The third kappa shape index (κ3) is 3.10. The Kier molecular flexibility index (Phi) is 4.83. The maximum atomic E-state index is 12.2. The van der Waals surface area contributed by atoms with Crippen molar-refractivity contribution in [2.75, 3.05) is 13.1 Å². The highest BCUT2D eigenvalue weighted by Gasteiger charge is 2.27. The van der Waals surface area contributed by atoms with Crippen LogP contribution in [0.15, 0.2) is 24.3 Å². The number of halogens is 1. The summed E-state index contributed by atoms with van der Waals surface area (Å²) in [5.41, 5.74) is 2.71. The second-order valence-corrected chi connectivity index (χ2v) is 5.34. The molecule has 1 aliphatic carbocycles. The summed E-state index contributed by atoms with van der Waals surface area (Å²) in [6.07, 6.45) is 4.27. The van der Waals surface area contributed by atoms with Crippen LogP contribution in [0.3, 0.4) is 0 Å². The number of carbonyl (C=O) groups excluding carboxylic acids is 1. The first-order valence-corrected chi connectivity index (χ1v) is 6.93. The Labute approximate surface area is 120 Å². The van der Waals surface area contributed by atoms with Gasteiger partial charge in [0.2, 0.25) is 5.91 Å². The number of nitrogens with one attached hydrogen (secondary N) is 2. The van der Waals surface area contributed by atoms with E-state index in [-0.39, 0.29) is 30.3 Å². The Bertz CT molecular complexity index is 444. The minimum Gasteiger partial charge on any atom is -0.349 e. The molecular weight excluding hydrogens is 260 g/mol. The van der Waals surface area contributed by atoms with Gasteiger partial charge in [0.1, 0.15) is 0 Å². The van der Waals surface area contributed by atoms with Gasteiger partial charge in [-0.25, -0.2) is 0 Å². The minimum absolute atomic E-state index is 0. The maximum absolute atomic E-state index is 12.2. The maximum Gasteiger partial charge on any atom is 0.224 e. The number of benzene rings is 1. The van der Waals surface area contributed by atoms with E-state index in [9.17, 15) is 4.79 Å². The fourth-order valence-electron chi connectivity index (χ4n) is 3.07. The van der Waals surface area contributed by atoms with E-state index in [1.807, 2.05) is 0 Å². The SMILES string of the molecule is Cl.O=C(NC1CCc2ccccc21)[C@@H]1CCCNC1. The van der Waals surface area contributed by atoms with E-state index in [2.05, 4.69) is 34.9 Å². The number of aryl methyl sites for hydroxylation is 1. The topological polar surface area (TPSA) is 41.1 Å². The molecule has 1 aromatic carbocycles. The van der Waals surface area contributed by atoms with Crippen LogP contribution in [0.25, 0.3) is 0 Å². The Balaban J connectivity index is 0.00000133. The molecule has 3 nitrogen and oxygen atoms in total. The van der Waals surface area contributed by atoms with Crippen LogP contribution in [0.4, 0.5) is 0 Å². The van der Waals surface area contributed by atoms with Gasteiger partial charge in [-0.2, -0.15) is 0 Å². The van der Waals surface area contributed by atoms with E-state index < -0.39 is 0 Å². The van der Waals surface area contributed by atoms with Gasteiger partial charge in [-0.1, -0.05) is 24.3 Å². The Hall–Kier alpha value is -1.06. The van der Waals surface area contributed by atoms with Crippen LogP contribution in [0, 0.1) is 5.92 Å². The van der Waals surface area contributed by atoms with Crippen molar-refractivity contribution in [3.63, 3.8) is 0 Å². The highest BCUT2D eigenvalue weighted by Crippen LogP contribution is 2.31. The van der Waals surface area contributed by atoms with E-state index in [0.717, 1.165) is 38.8 Å². The van der Waals surface area contributed by atoms with Gasteiger partial charge < -0.3 is 10.6 Å². The first-order chi connectivity index (χ1) is 8.84. The molecule has 0 radical (unpaired) electrons. The Morgan fingerprint density at radius 2 is 2.11 bits per heavy atom. The van der Waals surface area contributed by atoms with Gasteiger partial charge in [-0.05, 0) is 43.4 Å². The summed E-state index contributed by atoms with van der Waals surface area (Å²) >= 11 is 0. The third-order valence-electron chi connectivity index (χ3n) is 4.12. The quantitative estimate of drug-likeness (QED) is 0.872. The summed E-state index contributed by atoms with van der Waals surface area (Å²) in [5, 5.41) is 6.52. The zero-order chi connectivity index (χ0) is 12.4. The van der Waals surface area contributed by atoms with Gasteiger partial charge in [0.15, 0.2) is 0 Å². The summed E-state index contributed by atoms with van der Waals surface area (Å²) in [6, 6.07) is 8.69. The second-order valence-electron chi connectivity index (χ2n) is 5.34. The van der Waals surface area contributed by atoms with Crippen LogP contribution >= 0.6 is 12.4 Å². The standard InChI is InChI=1S/C15H20N2O.ClH/c18-15(12-5-3-9-16-10-12)17-14-8-7-11-4-1-2-6-13(11)14;/h1-2,4,6,12,14,16H,3,5,7-10H2,(H,17,18);1H/t12-,14?;/m1./s1. The Morgan fingerprint density at radius 1 is 1.26 bits per heavy atom. The highest BCUT2D eigenvalue weighted by atomic mass is 35.5. The van der Waals surface area contributed by atoms with Crippen LogP contribution in [-0.2, 0) is 11.2 Å². The van der Waals surface area contributed by atoms with Crippen molar-refractivity contribution in [3.05, 3.63) is 35.4 Å². The van der Waals surface area contributed by atoms with Crippen LogP contribution in [0.2, 0.25) is 0 Å².